The molecule has 0 radical (unpaired) electrons. The molecule has 2 rings (SSSR count). The lowest BCUT2D eigenvalue weighted by atomic mass is 10.1. The van der Waals surface area contributed by atoms with Crippen molar-refractivity contribution in [2.45, 2.75) is 45.9 Å². The molecule has 1 N–H and O–H groups in total. The third-order valence-corrected chi connectivity index (χ3v) is 7.06. The van der Waals surface area contributed by atoms with Gasteiger partial charge in [0.25, 0.3) is 0 Å². The first-order valence-corrected chi connectivity index (χ1v) is 13.1. The molecular weight excluding hydrogens is 416 g/mol. The summed E-state index contributed by atoms with van der Waals surface area (Å²) in [6, 6.07) is 13.3. The number of benzene rings is 2. The van der Waals surface area contributed by atoms with E-state index in [1.807, 2.05) is 39.0 Å². The van der Waals surface area contributed by atoms with Crippen molar-refractivity contribution >= 4 is 33.4 Å². The lowest BCUT2D eigenvalue weighted by molar-refractivity contribution is -0.122. The summed E-state index contributed by atoms with van der Waals surface area (Å²) in [6.45, 7) is 8.17. The summed E-state index contributed by atoms with van der Waals surface area (Å²) in [7, 11) is -3.62. The molecule has 30 heavy (non-hydrogen) atoms. The minimum absolute atomic E-state index is 0.264. The van der Waals surface area contributed by atoms with Crippen molar-refractivity contribution in [3.8, 4) is 0 Å². The molecule has 0 bridgehead atoms. The highest BCUT2D eigenvalue weighted by Crippen LogP contribution is 2.27. The highest BCUT2D eigenvalue weighted by molar-refractivity contribution is 7.98. The average Bonchev–Trinajstić information content (AvgIpc) is 2.68. The minimum Gasteiger partial charge on any atom is -0.353 e. The highest BCUT2D eigenvalue weighted by Gasteiger charge is 2.32. The fourth-order valence-corrected chi connectivity index (χ4v) is 5.31. The first-order chi connectivity index (χ1) is 14.1. The SMILES string of the molecule is CCC(C(=O)NCCSCc1ccc(C)cc1)N(c1cc(C)ccc1C)S(C)(=O)=O. The molecule has 0 saturated carbocycles. The van der Waals surface area contributed by atoms with E-state index in [2.05, 4.69) is 36.5 Å². The zero-order valence-corrected chi connectivity index (χ0v) is 20.1. The molecule has 0 aliphatic heterocycles. The van der Waals surface area contributed by atoms with Crippen LogP contribution in [0.25, 0.3) is 0 Å². The Labute approximate surface area is 185 Å². The van der Waals surface area contributed by atoms with Gasteiger partial charge in [-0.3, -0.25) is 9.10 Å². The molecule has 0 aromatic heterocycles. The molecule has 0 spiro atoms. The third kappa shape index (κ3) is 6.77. The van der Waals surface area contributed by atoms with Gasteiger partial charge in [-0.05, 0) is 49.9 Å². The molecule has 0 fully saturated rings. The zero-order valence-electron chi connectivity index (χ0n) is 18.4. The van der Waals surface area contributed by atoms with Crippen LogP contribution in [0.5, 0.6) is 0 Å². The molecule has 0 aliphatic carbocycles. The van der Waals surface area contributed by atoms with Crippen molar-refractivity contribution in [2.75, 3.05) is 22.9 Å². The molecular formula is C23H32N2O3S2. The van der Waals surface area contributed by atoms with Crippen LogP contribution in [0.2, 0.25) is 0 Å². The van der Waals surface area contributed by atoms with Crippen LogP contribution in [-0.4, -0.2) is 38.9 Å². The molecule has 7 heteroatoms. The number of hydrogen-bond donors (Lipinski definition) is 1. The molecule has 164 valence electrons. The maximum Gasteiger partial charge on any atom is 0.243 e. The van der Waals surface area contributed by atoms with E-state index in [0.29, 0.717) is 18.7 Å². The van der Waals surface area contributed by atoms with Crippen molar-refractivity contribution in [3.63, 3.8) is 0 Å². The van der Waals surface area contributed by atoms with Gasteiger partial charge in [-0.2, -0.15) is 11.8 Å². The molecule has 0 aliphatic rings. The normalized spacial score (nSPS) is 12.4. The molecule has 0 heterocycles. The van der Waals surface area contributed by atoms with Crippen molar-refractivity contribution in [3.05, 3.63) is 64.7 Å². The predicted molar refractivity (Wildman–Crippen MR) is 128 cm³/mol. The Morgan fingerprint density at radius 3 is 2.30 bits per heavy atom. The van der Waals surface area contributed by atoms with Crippen molar-refractivity contribution in [2.24, 2.45) is 0 Å². The van der Waals surface area contributed by atoms with Gasteiger partial charge >= 0.3 is 0 Å². The van der Waals surface area contributed by atoms with Gasteiger partial charge in [-0.15, -0.1) is 0 Å². The van der Waals surface area contributed by atoms with Gasteiger partial charge in [0, 0.05) is 18.1 Å². The number of thioether (sulfide) groups is 1. The number of hydrogen-bond acceptors (Lipinski definition) is 4. The Kier molecular flexibility index (Phi) is 8.79. The number of nitrogens with zero attached hydrogens (tertiary/aromatic N) is 1. The van der Waals surface area contributed by atoms with Gasteiger partial charge in [0.05, 0.1) is 11.9 Å². The summed E-state index contributed by atoms with van der Waals surface area (Å²) in [5.74, 6) is 1.38. The first-order valence-electron chi connectivity index (χ1n) is 10.1. The zero-order chi connectivity index (χ0) is 22.3. The molecule has 0 saturated heterocycles. The van der Waals surface area contributed by atoms with Gasteiger partial charge in [-0.25, -0.2) is 8.42 Å². The van der Waals surface area contributed by atoms with Gasteiger partial charge in [0.1, 0.15) is 6.04 Å². The second kappa shape index (κ2) is 10.9. The van der Waals surface area contributed by atoms with E-state index in [4.69, 9.17) is 0 Å². The van der Waals surface area contributed by atoms with E-state index in [1.54, 1.807) is 11.8 Å². The van der Waals surface area contributed by atoms with Crippen molar-refractivity contribution < 1.29 is 13.2 Å². The van der Waals surface area contributed by atoms with Crippen LogP contribution in [0.15, 0.2) is 42.5 Å². The average molecular weight is 449 g/mol. The monoisotopic (exact) mass is 448 g/mol. The Morgan fingerprint density at radius 2 is 1.70 bits per heavy atom. The molecule has 1 amide bonds. The molecule has 2 aromatic rings. The quantitative estimate of drug-likeness (QED) is 0.553. The number of anilines is 1. The number of rotatable bonds is 10. The second-order valence-corrected chi connectivity index (χ2v) is 10.6. The second-order valence-electron chi connectivity index (χ2n) is 7.60. The van der Waals surface area contributed by atoms with Crippen LogP contribution in [0.4, 0.5) is 5.69 Å². The lowest BCUT2D eigenvalue weighted by Gasteiger charge is -2.31. The maximum atomic E-state index is 12.9. The van der Waals surface area contributed by atoms with E-state index >= 15 is 0 Å². The van der Waals surface area contributed by atoms with E-state index < -0.39 is 16.1 Å². The Morgan fingerprint density at radius 1 is 1.07 bits per heavy atom. The molecule has 1 atom stereocenters. The topological polar surface area (TPSA) is 66.5 Å². The largest absolute Gasteiger partial charge is 0.353 e. The third-order valence-electron chi connectivity index (χ3n) is 4.87. The molecule has 2 aromatic carbocycles. The number of amides is 1. The van der Waals surface area contributed by atoms with Crippen LogP contribution in [0.1, 0.15) is 35.6 Å². The number of carbonyl (C=O) groups is 1. The van der Waals surface area contributed by atoms with E-state index in [9.17, 15) is 13.2 Å². The van der Waals surface area contributed by atoms with Gasteiger partial charge in [0.15, 0.2) is 0 Å². The number of nitrogens with one attached hydrogen (secondary N) is 1. The lowest BCUT2D eigenvalue weighted by Crippen LogP contribution is -2.50. The van der Waals surface area contributed by atoms with Crippen LogP contribution < -0.4 is 9.62 Å². The van der Waals surface area contributed by atoms with Crippen LogP contribution >= 0.6 is 11.8 Å². The number of carbonyl (C=O) groups excluding carboxylic acids is 1. The summed E-state index contributed by atoms with van der Waals surface area (Å²) in [5, 5.41) is 2.92. The summed E-state index contributed by atoms with van der Waals surface area (Å²) < 4.78 is 26.5. The first kappa shape index (κ1) is 24.3. The number of sulfonamides is 1. The fraction of sp³-hybridized carbons (Fsp3) is 0.435. The highest BCUT2D eigenvalue weighted by atomic mass is 32.2. The maximum absolute atomic E-state index is 12.9. The van der Waals surface area contributed by atoms with Crippen molar-refractivity contribution in [1.82, 2.24) is 5.32 Å². The standard InChI is InChI=1S/C23H32N2O3S2/c1-6-21(25(30(5,27)28)22-15-18(3)7-10-19(22)4)23(26)24-13-14-29-16-20-11-8-17(2)9-12-20/h7-12,15,21H,6,13-14,16H2,1-5H3,(H,24,26). The molecule has 1 unspecified atom stereocenters. The van der Waals surface area contributed by atoms with Gasteiger partial charge < -0.3 is 5.32 Å². The fourth-order valence-electron chi connectivity index (χ4n) is 3.23. The summed E-state index contributed by atoms with van der Waals surface area (Å²) in [5.41, 5.74) is 4.83. The summed E-state index contributed by atoms with van der Waals surface area (Å²) in [4.78, 5) is 12.9. The smallest absolute Gasteiger partial charge is 0.243 e. The van der Waals surface area contributed by atoms with E-state index in [1.165, 1.54) is 15.4 Å². The van der Waals surface area contributed by atoms with E-state index in [0.717, 1.165) is 28.9 Å². The molecule has 5 nitrogen and oxygen atoms in total. The Bertz CT molecular complexity index is 957. The Balaban J connectivity index is 2.01. The van der Waals surface area contributed by atoms with Crippen LogP contribution in [0, 0.1) is 20.8 Å². The van der Waals surface area contributed by atoms with Crippen LogP contribution in [0.3, 0.4) is 0 Å². The van der Waals surface area contributed by atoms with Crippen molar-refractivity contribution in [1.29, 1.82) is 0 Å². The van der Waals surface area contributed by atoms with Crippen LogP contribution in [-0.2, 0) is 20.6 Å². The Hall–Kier alpha value is -1.99. The van der Waals surface area contributed by atoms with Gasteiger partial charge in [-0.1, -0.05) is 48.9 Å². The summed E-state index contributed by atoms with van der Waals surface area (Å²) in [6.07, 6.45) is 1.55. The summed E-state index contributed by atoms with van der Waals surface area (Å²) >= 11 is 1.74. The minimum atomic E-state index is -3.62. The van der Waals surface area contributed by atoms with Gasteiger partial charge in [0.2, 0.25) is 15.9 Å². The van der Waals surface area contributed by atoms with E-state index in [-0.39, 0.29) is 5.91 Å². The number of aryl methyl sites for hydroxylation is 3. The predicted octanol–water partition coefficient (Wildman–Crippen LogP) is 4.21.